The molecule has 3 nitrogen and oxygen atoms in total. The fraction of sp³-hybridized carbons (Fsp3) is 0.533. The van der Waals surface area contributed by atoms with Crippen LogP contribution in [0.5, 0.6) is 0 Å². The van der Waals surface area contributed by atoms with Crippen LogP contribution < -0.4 is 0 Å². The number of unbranched alkanes of at least 4 members (excludes halogenated alkanes) is 2. The molecule has 1 aromatic carbocycles. The normalized spacial score (nSPS) is 13.0. The van der Waals surface area contributed by atoms with E-state index in [2.05, 4.69) is 4.98 Å². The Labute approximate surface area is 127 Å². The van der Waals surface area contributed by atoms with Crippen molar-refractivity contribution in [2.75, 3.05) is 13.7 Å². The molecule has 0 bridgehead atoms. The molecule has 1 heterocycles. The van der Waals surface area contributed by atoms with E-state index in [-0.39, 0.29) is 10.9 Å². The first kappa shape index (κ1) is 16.2. The Hall–Kier alpha value is -1.20. The fourth-order valence-corrected chi connectivity index (χ4v) is 2.56. The highest BCUT2D eigenvalue weighted by Crippen LogP contribution is 2.28. The second-order valence-electron chi connectivity index (χ2n) is 5.02. The summed E-state index contributed by atoms with van der Waals surface area (Å²) in [5, 5.41) is -0.362. The van der Waals surface area contributed by atoms with Crippen LogP contribution in [0.2, 0.25) is 0 Å². The summed E-state index contributed by atoms with van der Waals surface area (Å²) in [5.41, 5.74) is 0.637. The molecule has 1 unspecified atom stereocenters. The molecular formula is C15H19ClF2N2O. The number of aryl methyl sites for hydroxylation is 1. The van der Waals surface area contributed by atoms with Gasteiger partial charge < -0.3 is 9.30 Å². The summed E-state index contributed by atoms with van der Waals surface area (Å²) < 4.78 is 34.2. The molecule has 0 aliphatic rings. The Morgan fingerprint density at radius 2 is 2.05 bits per heavy atom. The molecule has 1 atom stereocenters. The van der Waals surface area contributed by atoms with Crippen LogP contribution in [0.4, 0.5) is 8.78 Å². The lowest BCUT2D eigenvalue weighted by molar-refractivity contribution is 0.191. The van der Waals surface area contributed by atoms with Gasteiger partial charge in [0.15, 0.2) is 11.6 Å². The topological polar surface area (TPSA) is 27.1 Å². The maximum absolute atomic E-state index is 14.1. The van der Waals surface area contributed by atoms with Gasteiger partial charge in [-0.2, -0.15) is 0 Å². The van der Waals surface area contributed by atoms with Crippen LogP contribution in [0.25, 0.3) is 11.0 Å². The highest BCUT2D eigenvalue weighted by atomic mass is 35.5. The van der Waals surface area contributed by atoms with E-state index in [4.69, 9.17) is 16.3 Å². The van der Waals surface area contributed by atoms with Crippen LogP contribution in [0.1, 0.15) is 37.4 Å². The van der Waals surface area contributed by atoms with Crippen LogP contribution in [0, 0.1) is 11.6 Å². The number of ether oxygens (including phenoxy) is 1. The summed E-state index contributed by atoms with van der Waals surface area (Å²) in [5.74, 6) is -1.15. The minimum absolute atomic E-state index is 0.198. The fourth-order valence-electron chi connectivity index (χ4n) is 2.40. The molecule has 6 heteroatoms. The van der Waals surface area contributed by atoms with Crippen molar-refractivity contribution >= 4 is 22.6 Å². The van der Waals surface area contributed by atoms with Gasteiger partial charge >= 0.3 is 0 Å². The summed E-state index contributed by atoms with van der Waals surface area (Å²) in [7, 11) is 1.66. The van der Waals surface area contributed by atoms with Crippen molar-refractivity contribution in [3.05, 3.63) is 29.6 Å². The minimum atomic E-state index is -0.864. The molecule has 0 radical (unpaired) electrons. The first-order chi connectivity index (χ1) is 10.1. The lowest BCUT2D eigenvalue weighted by Gasteiger charge is -2.11. The standard InChI is InChI=1S/C15H19ClF2N2O/c1-10(16)15-19-12-7-6-11(17)13(18)14(12)20(15)8-4-3-5-9-21-2/h6-7,10H,3-5,8-9H2,1-2H3. The molecule has 0 spiro atoms. The van der Waals surface area contributed by atoms with Gasteiger partial charge in [0.2, 0.25) is 0 Å². The Balaban J connectivity index is 2.30. The predicted molar refractivity (Wildman–Crippen MR) is 79.6 cm³/mol. The van der Waals surface area contributed by atoms with E-state index in [1.54, 1.807) is 18.6 Å². The van der Waals surface area contributed by atoms with E-state index >= 15 is 0 Å². The molecule has 2 aromatic rings. The second kappa shape index (κ2) is 7.18. The van der Waals surface area contributed by atoms with E-state index in [1.165, 1.54) is 6.07 Å². The van der Waals surface area contributed by atoms with Crippen LogP contribution in [-0.2, 0) is 11.3 Å². The van der Waals surface area contributed by atoms with Gasteiger partial charge in [0, 0.05) is 20.3 Å². The SMILES string of the molecule is COCCCCCn1c(C(C)Cl)nc2ccc(F)c(F)c21. The number of rotatable bonds is 7. The van der Waals surface area contributed by atoms with Crippen LogP contribution in [0.15, 0.2) is 12.1 Å². The van der Waals surface area contributed by atoms with Crippen LogP contribution >= 0.6 is 11.6 Å². The van der Waals surface area contributed by atoms with Gasteiger partial charge in [-0.1, -0.05) is 0 Å². The molecule has 0 saturated carbocycles. The van der Waals surface area contributed by atoms with Gasteiger partial charge in [0.05, 0.1) is 10.9 Å². The number of methoxy groups -OCH3 is 1. The highest BCUT2D eigenvalue weighted by molar-refractivity contribution is 6.20. The van der Waals surface area contributed by atoms with E-state index in [1.807, 2.05) is 0 Å². The summed E-state index contributed by atoms with van der Waals surface area (Å²) in [4.78, 5) is 4.33. The second-order valence-corrected chi connectivity index (χ2v) is 5.67. The number of alkyl halides is 1. The van der Waals surface area contributed by atoms with Gasteiger partial charge in [-0.3, -0.25) is 0 Å². The van der Waals surface area contributed by atoms with E-state index in [0.717, 1.165) is 25.3 Å². The van der Waals surface area contributed by atoms with Crippen molar-refractivity contribution in [1.29, 1.82) is 0 Å². The largest absolute Gasteiger partial charge is 0.385 e. The summed E-state index contributed by atoms with van der Waals surface area (Å²) in [6.07, 6.45) is 2.72. The van der Waals surface area contributed by atoms with Crippen molar-refractivity contribution in [2.24, 2.45) is 0 Å². The third-order valence-corrected chi connectivity index (χ3v) is 3.61. The summed E-state index contributed by atoms with van der Waals surface area (Å²) in [6.45, 7) is 3.04. The van der Waals surface area contributed by atoms with Crippen molar-refractivity contribution in [2.45, 2.75) is 38.1 Å². The van der Waals surface area contributed by atoms with Crippen LogP contribution in [-0.4, -0.2) is 23.3 Å². The molecular weight excluding hydrogens is 298 g/mol. The third kappa shape index (κ3) is 3.52. The molecule has 1 aromatic heterocycles. The number of benzene rings is 1. The number of aromatic nitrogens is 2. The molecule has 0 N–H and O–H groups in total. The Kier molecular flexibility index (Phi) is 5.53. The quantitative estimate of drug-likeness (QED) is 0.558. The van der Waals surface area contributed by atoms with Crippen molar-refractivity contribution < 1.29 is 13.5 Å². The van der Waals surface area contributed by atoms with Gasteiger partial charge in [0.25, 0.3) is 0 Å². The molecule has 0 aliphatic carbocycles. The molecule has 116 valence electrons. The lowest BCUT2D eigenvalue weighted by atomic mass is 10.2. The Morgan fingerprint density at radius 3 is 2.71 bits per heavy atom. The van der Waals surface area contributed by atoms with Crippen molar-refractivity contribution in [3.8, 4) is 0 Å². The first-order valence-electron chi connectivity index (χ1n) is 7.03. The maximum atomic E-state index is 14.1. The average Bonchev–Trinajstić information content (AvgIpc) is 2.82. The molecule has 0 saturated heterocycles. The highest BCUT2D eigenvalue weighted by Gasteiger charge is 2.19. The van der Waals surface area contributed by atoms with Crippen molar-refractivity contribution in [1.82, 2.24) is 9.55 Å². The van der Waals surface area contributed by atoms with Gasteiger partial charge in [-0.05, 0) is 38.3 Å². The Bertz CT molecular complexity index is 613. The maximum Gasteiger partial charge on any atom is 0.184 e. The molecule has 0 aliphatic heterocycles. The Morgan fingerprint density at radius 1 is 1.29 bits per heavy atom. The van der Waals surface area contributed by atoms with Gasteiger partial charge in [0.1, 0.15) is 11.3 Å². The predicted octanol–water partition coefficient (Wildman–Crippen LogP) is 4.43. The third-order valence-electron chi connectivity index (χ3n) is 3.42. The summed E-state index contributed by atoms with van der Waals surface area (Å²) >= 11 is 6.11. The van der Waals surface area contributed by atoms with Crippen LogP contribution in [0.3, 0.4) is 0 Å². The zero-order valence-corrected chi connectivity index (χ0v) is 13.0. The summed E-state index contributed by atoms with van der Waals surface area (Å²) in [6, 6.07) is 2.58. The number of hydrogen-bond donors (Lipinski definition) is 0. The number of nitrogens with zero attached hydrogens (tertiary/aromatic N) is 2. The minimum Gasteiger partial charge on any atom is -0.385 e. The molecule has 2 rings (SSSR count). The monoisotopic (exact) mass is 316 g/mol. The molecule has 0 amide bonds. The zero-order chi connectivity index (χ0) is 15.4. The van der Waals surface area contributed by atoms with Gasteiger partial charge in [-0.25, -0.2) is 13.8 Å². The lowest BCUT2D eigenvalue weighted by Crippen LogP contribution is -2.06. The zero-order valence-electron chi connectivity index (χ0n) is 12.2. The first-order valence-corrected chi connectivity index (χ1v) is 7.47. The van der Waals surface area contributed by atoms with Gasteiger partial charge in [-0.15, -0.1) is 11.6 Å². The smallest absolute Gasteiger partial charge is 0.184 e. The van der Waals surface area contributed by atoms with E-state index in [9.17, 15) is 8.78 Å². The molecule has 21 heavy (non-hydrogen) atoms. The average molecular weight is 317 g/mol. The number of hydrogen-bond acceptors (Lipinski definition) is 2. The number of imidazole rings is 1. The van der Waals surface area contributed by atoms with E-state index in [0.29, 0.717) is 24.5 Å². The molecule has 0 fully saturated rings. The van der Waals surface area contributed by atoms with Crippen molar-refractivity contribution in [3.63, 3.8) is 0 Å². The number of halogens is 3. The number of fused-ring (bicyclic) bond motifs is 1. The van der Waals surface area contributed by atoms with E-state index < -0.39 is 11.6 Å².